The lowest BCUT2D eigenvalue weighted by Crippen LogP contribution is -2.02. The Kier molecular flexibility index (Phi) is 17.1. The molecule has 0 bridgehead atoms. The first-order valence-corrected chi connectivity index (χ1v) is 10.3. The number of rotatable bonds is 17. The van der Waals surface area contributed by atoms with E-state index in [4.69, 9.17) is 9.84 Å². The molecule has 0 unspecified atom stereocenters. The lowest BCUT2D eigenvalue weighted by atomic mass is 10.1. The number of carboxylic acids is 1. The standard InChI is InChI=1S/C22H38O4/c1-3-4-5-6-7-8-9-10-11-12-13-14-15-16-17-18-21(23)26-19-20(2)22(24)25/h10-11,19H,3-9,12-18H2,1-2H3,(H,24,25)/b11-10-,20-19?. The lowest BCUT2D eigenvalue weighted by molar-refractivity contribution is -0.138. The van der Waals surface area contributed by atoms with Crippen molar-refractivity contribution in [2.45, 2.75) is 104 Å². The van der Waals surface area contributed by atoms with Crippen LogP contribution in [0.3, 0.4) is 0 Å². The Bertz CT molecular complexity index is 424. The SMILES string of the molecule is CCCCCCCC/C=C\CCCCCCCC(=O)OC=C(C)C(=O)O. The third kappa shape index (κ3) is 17.2. The predicted molar refractivity (Wildman–Crippen MR) is 107 cm³/mol. The van der Waals surface area contributed by atoms with Crippen LogP contribution in [0, 0.1) is 0 Å². The van der Waals surface area contributed by atoms with Crippen LogP contribution in [-0.2, 0) is 14.3 Å². The molecule has 0 radical (unpaired) electrons. The molecular weight excluding hydrogens is 328 g/mol. The molecule has 0 fully saturated rings. The van der Waals surface area contributed by atoms with Gasteiger partial charge in [0.1, 0.15) is 6.26 Å². The minimum Gasteiger partial charge on any atom is -0.478 e. The Hall–Kier alpha value is -1.58. The van der Waals surface area contributed by atoms with Crippen molar-refractivity contribution in [2.75, 3.05) is 0 Å². The summed E-state index contributed by atoms with van der Waals surface area (Å²) in [7, 11) is 0. The minimum absolute atomic E-state index is 0.0305. The van der Waals surface area contributed by atoms with E-state index >= 15 is 0 Å². The molecular formula is C22H38O4. The zero-order valence-corrected chi connectivity index (χ0v) is 16.8. The summed E-state index contributed by atoms with van der Waals surface area (Å²) in [6.07, 6.45) is 21.8. The van der Waals surface area contributed by atoms with Crippen LogP contribution in [0.2, 0.25) is 0 Å². The van der Waals surface area contributed by atoms with E-state index in [0.717, 1.165) is 31.9 Å². The summed E-state index contributed by atoms with van der Waals surface area (Å²) in [5.41, 5.74) is 0.0305. The number of hydrogen-bond acceptors (Lipinski definition) is 3. The summed E-state index contributed by atoms with van der Waals surface area (Å²) >= 11 is 0. The average molecular weight is 367 g/mol. The van der Waals surface area contributed by atoms with Crippen LogP contribution in [0.1, 0.15) is 104 Å². The van der Waals surface area contributed by atoms with E-state index in [1.54, 1.807) is 0 Å². The molecule has 0 amide bonds. The van der Waals surface area contributed by atoms with E-state index in [0.29, 0.717) is 6.42 Å². The van der Waals surface area contributed by atoms with Gasteiger partial charge in [-0.15, -0.1) is 0 Å². The molecule has 0 aliphatic rings. The predicted octanol–water partition coefficient (Wildman–Crippen LogP) is 6.56. The number of carbonyl (C=O) groups is 2. The van der Waals surface area contributed by atoms with Gasteiger partial charge in [0.25, 0.3) is 0 Å². The Morgan fingerprint density at radius 2 is 1.31 bits per heavy atom. The second kappa shape index (κ2) is 18.2. The van der Waals surface area contributed by atoms with Gasteiger partial charge in [-0.25, -0.2) is 4.79 Å². The van der Waals surface area contributed by atoms with E-state index in [1.807, 2.05) is 0 Å². The van der Waals surface area contributed by atoms with E-state index in [9.17, 15) is 9.59 Å². The van der Waals surface area contributed by atoms with Gasteiger partial charge >= 0.3 is 11.9 Å². The highest BCUT2D eigenvalue weighted by Gasteiger charge is 2.04. The van der Waals surface area contributed by atoms with Gasteiger partial charge in [0.2, 0.25) is 0 Å². The Balaban J connectivity index is 3.35. The van der Waals surface area contributed by atoms with Gasteiger partial charge in [0, 0.05) is 6.42 Å². The van der Waals surface area contributed by atoms with Gasteiger partial charge in [-0.05, 0) is 39.0 Å². The summed E-state index contributed by atoms with van der Waals surface area (Å²) in [5, 5.41) is 8.65. The molecule has 0 atom stereocenters. The maximum atomic E-state index is 11.4. The molecule has 4 heteroatoms. The fourth-order valence-electron chi connectivity index (χ4n) is 2.60. The summed E-state index contributed by atoms with van der Waals surface area (Å²) in [6, 6.07) is 0. The van der Waals surface area contributed by atoms with Crippen molar-refractivity contribution in [3.8, 4) is 0 Å². The van der Waals surface area contributed by atoms with E-state index in [2.05, 4.69) is 19.1 Å². The molecule has 0 aliphatic heterocycles. The highest BCUT2D eigenvalue weighted by atomic mass is 16.5. The molecule has 0 aromatic heterocycles. The highest BCUT2D eigenvalue weighted by Crippen LogP contribution is 2.10. The zero-order valence-electron chi connectivity index (χ0n) is 16.8. The van der Waals surface area contributed by atoms with Crippen LogP contribution >= 0.6 is 0 Å². The van der Waals surface area contributed by atoms with Crippen molar-refractivity contribution >= 4 is 11.9 Å². The van der Waals surface area contributed by atoms with Crippen molar-refractivity contribution in [1.29, 1.82) is 0 Å². The zero-order chi connectivity index (χ0) is 19.5. The maximum Gasteiger partial charge on any atom is 0.334 e. The van der Waals surface area contributed by atoms with Gasteiger partial charge < -0.3 is 9.84 Å². The highest BCUT2D eigenvalue weighted by molar-refractivity contribution is 5.85. The maximum absolute atomic E-state index is 11.4. The third-order valence-corrected chi connectivity index (χ3v) is 4.35. The Morgan fingerprint density at radius 3 is 1.85 bits per heavy atom. The smallest absolute Gasteiger partial charge is 0.334 e. The van der Waals surface area contributed by atoms with Crippen molar-refractivity contribution in [2.24, 2.45) is 0 Å². The Morgan fingerprint density at radius 1 is 0.808 bits per heavy atom. The van der Waals surface area contributed by atoms with Gasteiger partial charge in [0.05, 0.1) is 5.57 Å². The van der Waals surface area contributed by atoms with Crippen LogP contribution in [0.15, 0.2) is 24.0 Å². The molecule has 0 aromatic rings. The molecule has 0 heterocycles. The van der Waals surface area contributed by atoms with Crippen LogP contribution < -0.4 is 0 Å². The third-order valence-electron chi connectivity index (χ3n) is 4.35. The van der Waals surface area contributed by atoms with Gasteiger partial charge in [-0.1, -0.05) is 70.4 Å². The first kappa shape index (κ1) is 24.4. The average Bonchev–Trinajstić information content (AvgIpc) is 2.62. The van der Waals surface area contributed by atoms with E-state index < -0.39 is 5.97 Å². The molecule has 1 N–H and O–H groups in total. The van der Waals surface area contributed by atoms with Crippen LogP contribution in [-0.4, -0.2) is 17.0 Å². The molecule has 0 saturated heterocycles. The molecule has 0 aromatic carbocycles. The topological polar surface area (TPSA) is 63.6 Å². The van der Waals surface area contributed by atoms with Crippen molar-refractivity contribution in [1.82, 2.24) is 0 Å². The number of esters is 1. The summed E-state index contributed by atoms with van der Waals surface area (Å²) < 4.78 is 4.79. The number of unbranched alkanes of at least 4 members (excludes halogenated alkanes) is 11. The van der Waals surface area contributed by atoms with E-state index in [-0.39, 0.29) is 11.5 Å². The van der Waals surface area contributed by atoms with Gasteiger partial charge in [-0.3, -0.25) is 4.79 Å². The van der Waals surface area contributed by atoms with Crippen LogP contribution in [0.5, 0.6) is 0 Å². The number of allylic oxidation sites excluding steroid dienone is 2. The largest absolute Gasteiger partial charge is 0.478 e. The molecule has 26 heavy (non-hydrogen) atoms. The van der Waals surface area contributed by atoms with Crippen molar-refractivity contribution < 1.29 is 19.4 Å². The molecule has 0 rings (SSSR count). The Labute approximate surface area is 159 Å². The summed E-state index contributed by atoms with van der Waals surface area (Å²) in [6.45, 7) is 3.65. The van der Waals surface area contributed by atoms with Crippen LogP contribution in [0.25, 0.3) is 0 Å². The number of hydrogen-bond donors (Lipinski definition) is 1. The minimum atomic E-state index is -1.07. The summed E-state index contributed by atoms with van der Waals surface area (Å²) in [4.78, 5) is 22.0. The molecule has 0 saturated carbocycles. The van der Waals surface area contributed by atoms with Crippen LogP contribution in [0.4, 0.5) is 0 Å². The quantitative estimate of drug-likeness (QED) is 0.104. The number of carboxylic acid groups (broad SMARTS) is 1. The molecule has 150 valence electrons. The second-order valence-corrected chi connectivity index (χ2v) is 6.93. The summed E-state index contributed by atoms with van der Waals surface area (Å²) in [5.74, 6) is -1.43. The number of aliphatic carboxylic acids is 1. The lowest BCUT2D eigenvalue weighted by Gasteiger charge is -2.01. The van der Waals surface area contributed by atoms with Gasteiger partial charge in [0.15, 0.2) is 0 Å². The normalized spacial score (nSPS) is 11.8. The van der Waals surface area contributed by atoms with Crippen molar-refractivity contribution in [3.63, 3.8) is 0 Å². The number of carbonyl (C=O) groups excluding carboxylic acids is 1. The first-order valence-electron chi connectivity index (χ1n) is 10.3. The number of ether oxygens (including phenoxy) is 1. The first-order chi connectivity index (χ1) is 12.6. The molecule has 4 nitrogen and oxygen atoms in total. The van der Waals surface area contributed by atoms with Crippen molar-refractivity contribution in [3.05, 3.63) is 24.0 Å². The van der Waals surface area contributed by atoms with E-state index in [1.165, 1.54) is 64.7 Å². The van der Waals surface area contributed by atoms with Gasteiger partial charge in [-0.2, -0.15) is 0 Å². The second-order valence-electron chi connectivity index (χ2n) is 6.93. The molecule has 0 aliphatic carbocycles. The fraction of sp³-hybridized carbons (Fsp3) is 0.727. The molecule has 0 spiro atoms. The fourth-order valence-corrected chi connectivity index (χ4v) is 2.60. The monoisotopic (exact) mass is 366 g/mol.